The average Bonchev–Trinajstić information content (AvgIpc) is 2.67. The number of hydrogen-bond acceptors (Lipinski definition) is 4. The van der Waals surface area contributed by atoms with Gasteiger partial charge in [-0.1, -0.05) is 18.2 Å². The van der Waals surface area contributed by atoms with E-state index in [1.165, 1.54) is 5.69 Å². The zero-order valence-electron chi connectivity index (χ0n) is 13.9. The van der Waals surface area contributed by atoms with Crippen molar-refractivity contribution in [3.8, 4) is 0 Å². The maximum absolute atomic E-state index is 12.4. The number of aliphatic imine (C=N–C) groups is 1. The zero-order chi connectivity index (χ0) is 16.8. The van der Waals surface area contributed by atoms with Crippen LogP contribution in [0.1, 0.15) is 0 Å². The fourth-order valence-electron chi connectivity index (χ4n) is 2.99. The molecule has 24 heavy (non-hydrogen) atoms. The molecule has 0 unspecified atom stereocenters. The Balaban J connectivity index is 1.46. The highest BCUT2D eigenvalue weighted by atomic mass is 32.2. The summed E-state index contributed by atoms with van der Waals surface area (Å²) in [7, 11) is 0. The van der Waals surface area contributed by atoms with Gasteiger partial charge < -0.3 is 20.4 Å². The van der Waals surface area contributed by atoms with Gasteiger partial charge in [-0.25, -0.2) is 4.99 Å². The summed E-state index contributed by atoms with van der Waals surface area (Å²) in [4.78, 5) is 22.9. The number of thioether (sulfide) groups is 1. The summed E-state index contributed by atoms with van der Waals surface area (Å²) in [6.07, 6.45) is 0. The minimum Gasteiger partial charge on any atom is -0.370 e. The molecule has 1 aromatic rings. The second kappa shape index (κ2) is 8.28. The smallest absolute Gasteiger partial charge is 0.244 e. The Bertz CT molecular complexity index is 566. The monoisotopic (exact) mass is 347 g/mol. The number of anilines is 1. The van der Waals surface area contributed by atoms with Crippen LogP contribution in [0.3, 0.4) is 0 Å². The van der Waals surface area contributed by atoms with E-state index in [1.807, 2.05) is 34.9 Å². The van der Waals surface area contributed by atoms with Crippen molar-refractivity contribution in [3.05, 3.63) is 30.3 Å². The van der Waals surface area contributed by atoms with Crippen molar-refractivity contribution in [2.45, 2.75) is 0 Å². The SMILES string of the molecule is NC(=NCC(=O)N1CCN(c2ccccc2)CC1)N1CCSCC1. The second-order valence-corrected chi connectivity index (χ2v) is 7.20. The number of nitrogens with two attached hydrogens (primary N) is 1. The summed E-state index contributed by atoms with van der Waals surface area (Å²) in [5.41, 5.74) is 7.23. The normalized spacial score (nSPS) is 19.5. The van der Waals surface area contributed by atoms with E-state index in [2.05, 4.69) is 26.9 Å². The van der Waals surface area contributed by atoms with E-state index in [0.29, 0.717) is 5.96 Å². The van der Waals surface area contributed by atoms with Gasteiger partial charge in [0.05, 0.1) is 0 Å². The summed E-state index contributed by atoms with van der Waals surface area (Å²) in [5, 5.41) is 0. The molecule has 2 N–H and O–H groups in total. The molecule has 2 saturated heterocycles. The van der Waals surface area contributed by atoms with Crippen LogP contribution in [-0.4, -0.2) is 79.0 Å². The molecule has 2 fully saturated rings. The summed E-state index contributed by atoms with van der Waals surface area (Å²) in [6, 6.07) is 10.3. The van der Waals surface area contributed by atoms with Gasteiger partial charge in [0.1, 0.15) is 6.54 Å². The zero-order valence-corrected chi connectivity index (χ0v) is 14.7. The number of guanidine groups is 1. The molecular weight excluding hydrogens is 322 g/mol. The number of nitrogens with zero attached hydrogens (tertiary/aromatic N) is 4. The Morgan fingerprint density at radius 2 is 1.67 bits per heavy atom. The Labute approximate surface area is 147 Å². The molecule has 0 saturated carbocycles. The molecular formula is C17H25N5OS. The Morgan fingerprint density at radius 1 is 1.00 bits per heavy atom. The molecule has 0 bridgehead atoms. The lowest BCUT2D eigenvalue weighted by Crippen LogP contribution is -2.50. The van der Waals surface area contributed by atoms with Crippen molar-refractivity contribution in [3.63, 3.8) is 0 Å². The summed E-state index contributed by atoms with van der Waals surface area (Å²) >= 11 is 1.93. The van der Waals surface area contributed by atoms with Gasteiger partial charge in [-0.3, -0.25) is 4.79 Å². The number of piperazine rings is 1. The third kappa shape index (κ3) is 4.35. The van der Waals surface area contributed by atoms with E-state index in [9.17, 15) is 4.79 Å². The Morgan fingerprint density at radius 3 is 2.33 bits per heavy atom. The van der Waals surface area contributed by atoms with E-state index in [0.717, 1.165) is 50.8 Å². The predicted octanol–water partition coefficient (Wildman–Crippen LogP) is 0.699. The number of amides is 1. The predicted molar refractivity (Wildman–Crippen MR) is 101 cm³/mol. The maximum atomic E-state index is 12.4. The quantitative estimate of drug-likeness (QED) is 0.644. The molecule has 0 atom stereocenters. The van der Waals surface area contributed by atoms with Crippen LogP contribution in [0.2, 0.25) is 0 Å². The van der Waals surface area contributed by atoms with E-state index in [-0.39, 0.29) is 12.5 Å². The standard InChI is InChI=1S/C17H25N5OS/c18-17(22-10-12-24-13-11-22)19-14-16(23)21-8-6-20(7-9-21)15-4-2-1-3-5-15/h1-5H,6-14H2,(H2,18,19). The van der Waals surface area contributed by atoms with Gasteiger partial charge in [0.15, 0.2) is 5.96 Å². The lowest BCUT2D eigenvalue weighted by atomic mass is 10.2. The summed E-state index contributed by atoms with van der Waals surface area (Å²) < 4.78 is 0. The van der Waals surface area contributed by atoms with Gasteiger partial charge in [-0.05, 0) is 12.1 Å². The van der Waals surface area contributed by atoms with Crippen LogP contribution in [0, 0.1) is 0 Å². The molecule has 2 aliphatic heterocycles. The third-order valence-corrected chi connectivity index (χ3v) is 5.41. The van der Waals surface area contributed by atoms with Crippen LogP contribution in [0.25, 0.3) is 0 Å². The number of para-hydroxylation sites is 1. The van der Waals surface area contributed by atoms with Crippen molar-refractivity contribution in [2.24, 2.45) is 10.7 Å². The molecule has 0 spiro atoms. The molecule has 2 heterocycles. The van der Waals surface area contributed by atoms with Gasteiger partial charge in [0.25, 0.3) is 0 Å². The average molecular weight is 347 g/mol. The highest BCUT2D eigenvalue weighted by Crippen LogP contribution is 2.15. The number of rotatable bonds is 3. The van der Waals surface area contributed by atoms with Crippen LogP contribution in [0.4, 0.5) is 5.69 Å². The molecule has 0 aliphatic carbocycles. The largest absolute Gasteiger partial charge is 0.370 e. The fraction of sp³-hybridized carbons (Fsp3) is 0.529. The fourth-order valence-corrected chi connectivity index (χ4v) is 3.90. The minimum atomic E-state index is 0.0667. The van der Waals surface area contributed by atoms with Crippen molar-refractivity contribution < 1.29 is 4.79 Å². The first-order valence-corrected chi connectivity index (χ1v) is 9.60. The first-order valence-electron chi connectivity index (χ1n) is 8.44. The van der Waals surface area contributed by atoms with Crippen molar-refractivity contribution in [2.75, 3.05) is 62.2 Å². The molecule has 7 heteroatoms. The Hall–Kier alpha value is -1.89. The first kappa shape index (κ1) is 17.0. The van der Waals surface area contributed by atoms with Crippen molar-refractivity contribution in [1.82, 2.24) is 9.80 Å². The molecule has 1 aromatic carbocycles. The number of carbonyl (C=O) groups is 1. The Kier molecular flexibility index (Phi) is 5.85. The van der Waals surface area contributed by atoms with Gasteiger partial charge in [0.2, 0.25) is 5.91 Å². The third-order valence-electron chi connectivity index (χ3n) is 4.47. The second-order valence-electron chi connectivity index (χ2n) is 5.98. The van der Waals surface area contributed by atoms with Gasteiger partial charge in [-0.2, -0.15) is 11.8 Å². The topological polar surface area (TPSA) is 65.2 Å². The van der Waals surface area contributed by atoms with E-state index < -0.39 is 0 Å². The van der Waals surface area contributed by atoms with Gasteiger partial charge in [0, 0.05) is 56.5 Å². The summed E-state index contributed by atoms with van der Waals surface area (Å²) in [5.74, 6) is 2.72. The van der Waals surface area contributed by atoms with Crippen molar-refractivity contribution >= 4 is 29.3 Å². The van der Waals surface area contributed by atoms with Crippen LogP contribution in [0.5, 0.6) is 0 Å². The molecule has 1 amide bonds. The number of benzene rings is 1. The lowest BCUT2D eigenvalue weighted by molar-refractivity contribution is -0.129. The van der Waals surface area contributed by atoms with Crippen LogP contribution >= 0.6 is 11.8 Å². The van der Waals surface area contributed by atoms with Crippen LogP contribution < -0.4 is 10.6 Å². The highest BCUT2D eigenvalue weighted by Gasteiger charge is 2.21. The first-order chi connectivity index (χ1) is 11.7. The van der Waals surface area contributed by atoms with E-state index >= 15 is 0 Å². The molecule has 2 aliphatic rings. The highest BCUT2D eigenvalue weighted by molar-refractivity contribution is 7.99. The number of hydrogen-bond donors (Lipinski definition) is 1. The lowest BCUT2D eigenvalue weighted by Gasteiger charge is -2.36. The molecule has 0 radical (unpaired) electrons. The van der Waals surface area contributed by atoms with Crippen LogP contribution in [0.15, 0.2) is 35.3 Å². The molecule has 6 nitrogen and oxygen atoms in total. The summed E-state index contributed by atoms with van der Waals surface area (Å²) in [6.45, 7) is 5.19. The molecule has 3 rings (SSSR count). The molecule has 0 aromatic heterocycles. The minimum absolute atomic E-state index is 0.0667. The van der Waals surface area contributed by atoms with Gasteiger partial charge in [-0.15, -0.1) is 0 Å². The van der Waals surface area contributed by atoms with Crippen molar-refractivity contribution in [1.29, 1.82) is 0 Å². The van der Waals surface area contributed by atoms with E-state index in [1.54, 1.807) is 0 Å². The molecule has 130 valence electrons. The van der Waals surface area contributed by atoms with Gasteiger partial charge >= 0.3 is 0 Å². The van der Waals surface area contributed by atoms with E-state index in [4.69, 9.17) is 5.73 Å². The number of carbonyl (C=O) groups excluding carboxylic acids is 1. The maximum Gasteiger partial charge on any atom is 0.244 e. The van der Waals surface area contributed by atoms with Crippen LogP contribution in [-0.2, 0) is 4.79 Å².